The van der Waals surface area contributed by atoms with E-state index in [1.165, 1.54) is 133 Å². The molecular formula is C90H58N2. The van der Waals surface area contributed by atoms with Crippen molar-refractivity contribution in [3.05, 3.63) is 396 Å². The van der Waals surface area contributed by atoms with Crippen LogP contribution in [0.2, 0.25) is 0 Å². The third kappa shape index (κ3) is 7.50. The fourth-order valence-corrected chi connectivity index (χ4v) is 16.6. The molecule has 15 aromatic carbocycles. The summed E-state index contributed by atoms with van der Waals surface area (Å²) in [6, 6.07) is 132. The van der Waals surface area contributed by atoms with Gasteiger partial charge in [0.05, 0.1) is 21.9 Å². The molecule has 0 saturated carbocycles. The molecule has 0 fully saturated rings. The zero-order valence-corrected chi connectivity index (χ0v) is 50.4. The Balaban J connectivity index is 0.735. The van der Waals surface area contributed by atoms with E-state index < -0.39 is 10.8 Å². The first-order valence-corrected chi connectivity index (χ1v) is 32.0. The Hall–Kier alpha value is -11.8. The highest BCUT2D eigenvalue weighted by Gasteiger charge is 2.52. The minimum atomic E-state index is -0.474. The Bertz CT molecular complexity index is 5510. The molecule has 0 amide bonds. The zero-order chi connectivity index (χ0) is 60.5. The van der Waals surface area contributed by atoms with Gasteiger partial charge in [0.1, 0.15) is 0 Å². The van der Waals surface area contributed by atoms with Gasteiger partial charge in [-0.3, -0.25) is 0 Å². The number of para-hydroxylation sites is 1. The molecule has 0 aliphatic heterocycles. The maximum absolute atomic E-state index is 2.49. The first kappa shape index (κ1) is 52.1. The van der Waals surface area contributed by atoms with Crippen LogP contribution in [0, 0.1) is 0 Å². The van der Waals surface area contributed by atoms with Gasteiger partial charge in [-0.1, -0.05) is 279 Å². The SMILES string of the molecule is c1ccc(-n2c3ccc(-c4ccc(N(c5ccc(-c6cccc7ccccc67)cc5)c5ccc6c(c5)C5(c7ccccc7-c7ccccc75)c5ccccc5-6)cc4)cc3c3cc(-c4ccc(C5(c6ccccc6)c6ccccc6-c6ccccc65)cc4)ccc32)cc1. The van der Waals surface area contributed by atoms with Crippen molar-refractivity contribution in [3.63, 3.8) is 0 Å². The van der Waals surface area contributed by atoms with Crippen molar-refractivity contribution >= 4 is 49.6 Å². The molecule has 0 bridgehead atoms. The van der Waals surface area contributed by atoms with E-state index in [0.717, 1.165) is 33.9 Å². The summed E-state index contributed by atoms with van der Waals surface area (Å²) in [6.07, 6.45) is 0. The van der Waals surface area contributed by atoms with Crippen LogP contribution in [0.1, 0.15) is 44.5 Å². The molecule has 0 radical (unpaired) electrons. The van der Waals surface area contributed by atoms with Gasteiger partial charge in [0, 0.05) is 33.5 Å². The van der Waals surface area contributed by atoms with Crippen molar-refractivity contribution in [1.82, 2.24) is 4.57 Å². The van der Waals surface area contributed by atoms with Crippen molar-refractivity contribution < 1.29 is 0 Å². The van der Waals surface area contributed by atoms with Crippen molar-refractivity contribution in [2.24, 2.45) is 0 Å². The molecule has 2 nitrogen and oxygen atoms in total. The molecule has 92 heavy (non-hydrogen) atoms. The Morgan fingerprint density at radius 3 is 1.13 bits per heavy atom. The smallest absolute Gasteiger partial charge is 0.0726 e. The lowest BCUT2D eigenvalue weighted by Gasteiger charge is -2.34. The monoisotopic (exact) mass is 1170 g/mol. The molecule has 0 atom stereocenters. The maximum Gasteiger partial charge on any atom is 0.0726 e. The number of nitrogens with zero attached hydrogens (tertiary/aromatic N) is 2. The Morgan fingerprint density at radius 1 is 0.217 bits per heavy atom. The van der Waals surface area contributed by atoms with Gasteiger partial charge in [0.15, 0.2) is 0 Å². The summed E-state index contributed by atoms with van der Waals surface area (Å²) in [5.74, 6) is 0. The fourth-order valence-electron chi connectivity index (χ4n) is 16.6. The average Bonchev–Trinajstić information content (AvgIpc) is 1.52. The molecule has 3 aliphatic rings. The van der Waals surface area contributed by atoms with E-state index in [2.05, 4.69) is 361 Å². The summed E-state index contributed by atoms with van der Waals surface area (Å²) in [5.41, 5.74) is 31.2. The van der Waals surface area contributed by atoms with Gasteiger partial charge in [0.2, 0.25) is 0 Å². The van der Waals surface area contributed by atoms with E-state index in [1.807, 2.05) is 0 Å². The first-order valence-electron chi connectivity index (χ1n) is 32.0. The number of rotatable bonds is 9. The highest BCUT2D eigenvalue weighted by molar-refractivity contribution is 6.12. The highest BCUT2D eigenvalue weighted by Crippen LogP contribution is 2.64. The van der Waals surface area contributed by atoms with E-state index in [9.17, 15) is 0 Å². The van der Waals surface area contributed by atoms with Gasteiger partial charge < -0.3 is 9.47 Å². The van der Waals surface area contributed by atoms with Crippen LogP contribution >= 0.6 is 0 Å². The molecule has 3 aliphatic carbocycles. The number of hydrogen-bond donors (Lipinski definition) is 0. The molecule has 1 heterocycles. The minimum Gasteiger partial charge on any atom is -0.310 e. The van der Waals surface area contributed by atoms with Crippen LogP contribution in [0.25, 0.3) is 105 Å². The Morgan fingerprint density at radius 2 is 0.598 bits per heavy atom. The van der Waals surface area contributed by atoms with Crippen molar-refractivity contribution in [2.45, 2.75) is 10.8 Å². The molecular weight excluding hydrogens is 1110 g/mol. The first-order chi connectivity index (χ1) is 45.6. The second kappa shape index (κ2) is 20.3. The molecule has 2 heteroatoms. The van der Waals surface area contributed by atoms with Crippen LogP contribution in [-0.2, 0) is 10.8 Å². The maximum atomic E-state index is 2.49. The van der Waals surface area contributed by atoms with Gasteiger partial charge in [-0.15, -0.1) is 0 Å². The van der Waals surface area contributed by atoms with Crippen LogP contribution in [0.15, 0.2) is 352 Å². The van der Waals surface area contributed by atoms with Crippen LogP contribution < -0.4 is 4.90 Å². The number of hydrogen-bond acceptors (Lipinski definition) is 1. The zero-order valence-electron chi connectivity index (χ0n) is 50.4. The van der Waals surface area contributed by atoms with Crippen LogP contribution in [-0.4, -0.2) is 4.57 Å². The summed E-state index contributed by atoms with van der Waals surface area (Å²) < 4.78 is 2.43. The molecule has 1 spiro atoms. The standard InChI is InChI=1S/C90H58N2/c1-3-22-65(23-4-1)89(81-33-14-9-27-73(81)74-28-10-15-34-82(74)89)66-46-38-59(39-47-66)63-44-54-87-79(56-63)80-57-64(45-55-88(80)92(87)67-24-5-2-6-25-67)60-40-48-68(49-41-60)91(69-50-42-62(43-51-69)72-32-19-21-61-20-7-8-26-71(61)72)70-52-53-78-77-31-13-18-37-85(77)90(86(78)58-70)83-35-16-11-29-75(83)76-30-12-17-36-84(76)90/h1-58H. The Kier molecular flexibility index (Phi) is 11.5. The second-order valence-electron chi connectivity index (χ2n) is 25.0. The molecule has 428 valence electrons. The lowest BCUT2D eigenvalue weighted by molar-refractivity contribution is 0.768. The largest absolute Gasteiger partial charge is 0.310 e. The summed E-state index contributed by atoms with van der Waals surface area (Å²) in [6.45, 7) is 0. The summed E-state index contributed by atoms with van der Waals surface area (Å²) >= 11 is 0. The number of anilines is 3. The molecule has 0 unspecified atom stereocenters. The van der Waals surface area contributed by atoms with Gasteiger partial charge in [-0.05, 0) is 195 Å². The molecule has 0 N–H and O–H groups in total. The van der Waals surface area contributed by atoms with Crippen LogP contribution in [0.3, 0.4) is 0 Å². The number of fused-ring (bicyclic) bond motifs is 17. The normalized spacial score (nSPS) is 13.4. The van der Waals surface area contributed by atoms with E-state index >= 15 is 0 Å². The summed E-state index contributed by atoms with van der Waals surface area (Å²) in [5, 5.41) is 4.91. The van der Waals surface area contributed by atoms with E-state index in [1.54, 1.807) is 0 Å². The van der Waals surface area contributed by atoms with Crippen LogP contribution in [0.4, 0.5) is 17.1 Å². The van der Waals surface area contributed by atoms with Gasteiger partial charge in [-0.2, -0.15) is 0 Å². The quantitative estimate of drug-likeness (QED) is 0.140. The summed E-state index contributed by atoms with van der Waals surface area (Å²) in [4.78, 5) is 2.46. The van der Waals surface area contributed by atoms with E-state index in [0.29, 0.717) is 0 Å². The lowest BCUT2D eigenvalue weighted by Crippen LogP contribution is -2.28. The van der Waals surface area contributed by atoms with Gasteiger partial charge in [-0.25, -0.2) is 0 Å². The summed E-state index contributed by atoms with van der Waals surface area (Å²) in [7, 11) is 0. The molecule has 0 saturated heterocycles. The predicted molar refractivity (Wildman–Crippen MR) is 383 cm³/mol. The molecule has 16 aromatic rings. The van der Waals surface area contributed by atoms with Crippen molar-refractivity contribution in [3.8, 4) is 72.4 Å². The van der Waals surface area contributed by atoms with Crippen LogP contribution in [0.5, 0.6) is 0 Å². The second-order valence-corrected chi connectivity index (χ2v) is 25.0. The number of benzene rings is 15. The third-order valence-corrected chi connectivity index (χ3v) is 20.5. The highest BCUT2D eigenvalue weighted by atomic mass is 15.1. The topological polar surface area (TPSA) is 8.17 Å². The third-order valence-electron chi connectivity index (χ3n) is 20.5. The van der Waals surface area contributed by atoms with Crippen molar-refractivity contribution in [2.75, 3.05) is 4.90 Å². The minimum absolute atomic E-state index is 0.453. The Labute approximate surface area is 535 Å². The number of aromatic nitrogens is 1. The predicted octanol–water partition coefficient (Wildman–Crippen LogP) is 23.1. The van der Waals surface area contributed by atoms with Crippen molar-refractivity contribution in [1.29, 1.82) is 0 Å². The van der Waals surface area contributed by atoms with Gasteiger partial charge in [0.25, 0.3) is 0 Å². The van der Waals surface area contributed by atoms with E-state index in [-0.39, 0.29) is 0 Å². The fraction of sp³-hybridized carbons (Fsp3) is 0.0222. The molecule has 1 aromatic heterocycles. The molecule has 19 rings (SSSR count). The lowest BCUT2D eigenvalue weighted by atomic mass is 9.67. The average molecular weight is 1170 g/mol. The van der Waals surface area contributed by atoms with E-state index in [4.69, 9.17) is 0 Å². The van der Waals surface area contributed by atoms with Gasteiger partial charge >= 0.3 is 0 Å².